The van der Waals surface area contributed by atoms with Crippen LogP contribution in [0.3, 0.4) is 0 Å². The molecule has 1 fully saturated rings. The number of ether oxygens (including phenoxy) is 2. The topological polar surface area (TPSA) is 52.6 Å². The highest BCUT2D eigenvalue weighted by Crippen LogP contribution is 2.88. The first-order valence-corrected chi connectivity index (χ1v) is 10.1. The zero-order valence-corrected chi connectivity index (χ0v) is 16.8. The minimum atomic E-state index is -0.927. The van der Waals surface area contributed by atoms with Gasteiger partial charge < -0.3 is 9.47 Å². The molecule has 30 heavy (non-hydrogen) atoms. The van der Waals surface area contributed by atoms with E-state index < -0.39 is 16.2 Å². The van der Waals surface area contributed by atoms with Gasteiger partial charge in [-0.3, -0.25) is 9.59 Å². The number of hydrogen-bond donors (Lipinski definition) is 0. The quantitative estimate of drug-likeness (QED) is 0.739. The molecule has 0 saturated heterocycles. The second-order valence-corrected chi connectivity index (χ2v) is 8.26. The molecular formula is C26H20O4. The zero-order valence-electron chi connectivity index (χ0n) is 16.8. The van der Waals surface area contributed by atoms with Gasteiger partial charge in [0.15, 0.2) is 0 Å². The molecule has 0 bridgehead atoms. The highest BCUT2D eigenvalue weighted by atomic mass is 16.5. The Morgan fingerprint density at radius 2 is 1.60 bits per heavy atom. The van der Waals surface area contributed by atoms with E-state index in [9.17, 15) is 9.59 Å². The molecule has 3 atom stereocenters. The summed E-state index contributed by atoms with van der Waals surface area (Å²) < 4.78 is 10.8. The van der Waals surface area contributed by atoms with Crippen LogP contribution in [0.25, 0.3) is 5.57 Å². The summed E-state index contributed by atoms with van der Waals surface area (Å²) in [6.45, 7) is 0. The number of rotatable bonds is 3. The Hall–Kier alpha value is -3.40. The fourth-order valence-corrected chi connectivity index (χ4v) is 6.60. The largest absolute Gasteiger partial charge is 0.468 e. The van der Waals surface area contributed by atoms with Gasteiger partial charge in [-0.2, -0.15) is 0 Å². The van der Waals surface area contributed by atoms with Crippen LogP contribution in [0.4, 0.5) is 0 Å². The maximum Gasteiger partial charge on any atom is 0.322 e. The predicted molar refractivity (Wildman–Crippen MR) is 111 cm³/mol. The molecule has 4 heteroatoms. The third-order valence-corrected chi connectivity index (χ3v) is 7.45. The number of hydrogen-bond acceptors (Lipinski definition) is 4. The third kappa shape index (κ3) is 1.47. The van der Waals surface area contributed by atoms with E-state index in [1.807, 2.05) is 72.8 Å². The molecule has 0 amide bonds. The molecule has 0 radical (unpaired) electrons. The van der Waals surface area contributed by atoms with Crippen molar-refractivity contribution in [3.8, 4) is 0 Å². The summed E-state index contributed by atoms with van der Waals surface area (Å²) >= 11 is 0. The maximum atomic E-state index is 13.5. The molecule has 3 unspecified atom stereocenters. The van der Waals surface area contributed by atoms with E-state index in [2.05, 4.69) is 0 Å². The molecule has 1 saturated carbocycles. The van der Waals surface area contributed by atoms with Crippen LogP contribution in [0.15, 0.2) is 84.0 Å². The van der Waals surface area contributed by atoms with Gasteiger partial charge in [-0.1, -0.05) is 72.8 Å². The molecule has 4 aliphatic carbocycles. The minimum absolute atomic E-state index is 0.279. The minimum Gasteiger partial charge on any atom is -0.468 e. The van der Waals surface area contributed by atoms with Gasteiger partial charge >= 0.3 is 11.9 Å². The first kappa shape index (κ1) is 17.5. The van der Waals surface area contributed by atoms with Crippen molar-refractivity contribution in [2.75, 3.05) is 14.2 Å². The Labute approximate surface area is 174 Å². The lowest BCUT2D eigenvalue weighted by atomic mass is 9.65. The Morgan fingerprint density at radius 3 is 2.33 bits per heavy atom. The Balaban J connectivity index is 1.80. The molecule has 0 N–H and O–H groups in total. The summed E-state index contributed by atoms with van der Waals surface area (Å²) in [5.74, 6) is -0.559. The van der Waals surface area contributed by atoms with Crippen LogP contribution in [0.5, 0.6) is 0 Å². The molecule has 0 aliphatic heterocycles. The number of carbonyl (C=O) groups is 2. The average Bonchev–Trinajstić information content (AvgIpc) is 3.19. The molecule has 0 aromatic heterocycles. The second kappa shape index (κ2) is 5.39. The van der Waals surface area contributed by atoms with Crippen molar-refractivity contribution in [2.24, 2.45) is 5.41 Å². The first-order valence-electron chi connectivity index (χ1n) is 10.1. The number of fused-ring (bicyclic) bond motifs is 7. The number of esters is 2. The average molecular weight is 396 g/mol. The van der Waals surface area contributed by atoms with Gasteiger partial charge in [-0.25, -0.2) is 0 Å². The SMILES string of the molecule is COC(=O)C12CC=CC=C1C1(c3ccccc3)C3=C2c2ccccc2C31C(=O)OC. The van der Waals surface area contributed by atoms with Crippen LogP contribution >= 0.6 is 0 Å². The van der Waals surface area contributed by atoms with Gasteiger partial charge in [0.05, 0.1) is 19.6 Å². The van der Waals surface area contributed by atoms with Crippen LogP contribution in [0, 0.1) is 5.41 Å². The third-order valence-electron chi connectivity index (χ3n) is 7.45. The molecule has 4 nitrogen and oxygen atoms in total. The van der Waals surface area contributed by atoms with Gasteiger partial charge in [-0.05, 0) is 39.8 Å². The van der Waals surface area contributed by atoms with E-state index in [0.717, 1.165) is 33.4 Å². The van der Waals surface area contributed by atoms with Gasteiger partial charge in [0.1, 0.15) is 10.8 Å². The van der Waals surface area contributed by atoms with Gasteiger partial charge in [0.25, 0.3) is 0 Å². The summed E-state index contributed by atoms with van der Waals surface area (Å²) in [5, 5.41) is 0. The second-order valence-electron chi connectivity index (χ2n) is 8.26. The van der Waals surface area contributed by atoms with E-state index in [0.29, 0.717) is 6.42 Å². The summed E-state index contributed by atoms with van der Waals surface area (Å²) in [7, 11) is 2.87. The molecule has 4 aliphatic rings. The van der Waals surface area contributed by atoms with Crippen LogP contribution < -0.4 is 0 Å². The molecule has 0 spiro atoms. The lowest BCUT2D eigenvalue weighted by Gasteiger charge is -2.36. The van der Waals surface area contributed by atoms with E-state index >= 15 is 0 Å². The Morgan fingerprint density at radius 1 is 0.900 bits per heavy atom. The fraction of sp³-hybridized carbons (Fsp3) is 0.231. The highest BCUT2D eigenvalue weighted by Gasteiger charge is 2.90. The van der Waals surface area contributed by atoms with Crippen molar-refractivity contribution in [1.82, 2.24) is 0 Å². The number of carbonyl (C=O) groups excluding carboxylic acids is 2. The van der Waals surface area contributed by atoms with Gasteiger partial charge in [-0.15, -0.1) is 0 Å². The van der Waals surface area contributed by atoms with Gasteiger partial charge in [0, 0.05) is 0 Å². The van der Waals surface area contributed by atoms with Crippen molar-refractivity contribution in [1.29, 1.82) is 0 Å². The molecule has 6 rings (SSSR count). The summed E-state index contributed by atoms with van der Waals surface area (Å²) in [5.41, 5.74) is 3.14. The maximum absolute atomic E-state index is 13.5. The van der Waals surface area contributed by atoms with Crippen molar-refractivity contribution in [3.05, 3.63) is 101 Å². The standard InChI is InChI=1S/C26H20O4/c1-29-22(27)24-15-9-8-14-19(24)25(16-10-4-3-5-11-16)21-20(24)17-12-6-7-13-18(17)26(21,25)23(28)30-2/h3-14H,15H2,1-2H3. The van der Waals surface area contributed by atoms with Crippen LogP contribution in [-0.4, -0.2) is 26.2 Å². The van der Waals surface area contributed by atoms with Crippen LogP contribution in [0.2, 0.25) is 0 Å². The van der Waals surface area contributed by atoms with E-state index in [1.165, 1.54) is 14.2 Å². The number of methoxy groups -OCH3 is 2. The Bertz CT molecular complexity index is 1230. The zero-order chi connectivity index (χ0) is 20.7. The molecule has 0 heterocycles. The molecule has 2 aromatic carbocycles. The number of allylic oxidation sites excluding steroid dienone is 3. The van der Waals surface area contributed by atoms with Crippen LogP contribution in [0.1, 0.15) is 23.1 Å². The normalized spacial score (nSPS) is 31.5. The molecular weight excluding hydrogens is 376 g/mol. The summed E-state index contributed by atoms with van der Waals surface area (Å²) in [4.78, 5) is 26.9. The summed E-state index contributed by atoms with van der Waals surface area (Å²) in [6, 6.07) is 17.9. The van der Waals surface area contributed by atoms with E-state index in [-0.39, 0.29) is 11.9 Å². The van der Waals surface area contributed by atoms with E-state index in [1.54, 1.807) is 0 Å². The lowest BCUT2D eigenvalue weighted by molar-refractivity contribution is -0.148. The monoisotopic (exact) mass is 396 g/mol. The smallest absolute Gasteiger partial charge is 0.322 e. The van der Waals surface area contributed by atoms with Crippen molar-refractivity contribution in [3.63, 3.8) is 0 Å². The van der Waals surface area contributed by atoms with E-state index in [4.69, 9.17) is 9.47 Å². The van der Waals surface area contributed by atoms with Crippen LogP contribution in [-0.2, 0) is 29.9 Å². The summed E-state index contributed by atoms with van der Waals surface area (Å²) in [6.07, 6.45) is 6.53. The predicted octanol–water partition coefficient (Wildman–Crippen LogP) is 3.88. The first-order chi connectivity index (χ1) is 14.6. The van der Waals surface area contributed by atoms with Crippen molar-refractivity contribution < 1.29 is 19.1 Å². The molecule has 148 valence electrons. The molecule has 2 aromatic rings. The van der Waals surface area contributed by atoms with Crippen molar-refractivity contribution in [2.45, 2.75) is 17.3 Å². The lowest BCUT2D eigenvalue weighted by Crippen LogP contribution is -2.41. The highest BCUT2D eigenvalue weighted by molar-refractivity contribution is 6.20. The van der Waals surface area contributed by atoms with Crippen molar-refractivity contribution >= 4 is 17.5 Å². The Kier molecular flexibility index (Phi) is 3.14. The fourth-order valence-electron chi connectivity index (χ4n) is 6.60. The van der Waals surface area contributed by atoms with Gasteiger partial charge in [0.2, 0.25) is 0 Å². The number of benzene rings is 2.